The molecule has 0 bridgehead atoms. The van der Waals surface area contributed by atoms with Crippen LogP contribution >= 0.6 is 0 Å². The summed E-state index contributed by atoms with van der Waals surface area (Å²) in [6, 6.07) is 22.5. The predicted molar refractivity (Wildman–Crippen MR) is 127 cm³/mol. The van der Waals surface area contributed by atoms with E-state index >= 15 is 0 Å². The number of benzene rings is 3. The van der Waals surface area contributed by atoms with Gasteiger partial charge in [0.05, 0.1) is 6.04 Å². The summed E-state index contributed by atoms with van der Waals surface area (Å²) in [6.45, 7) is 2.24. The largest absolute Gasteiger partial charge is 0.378 e. The van der Waals surface area contributed by atoms with E-state index in [9.17, 15) is 9.18 Å². The number of rotatable bonds is 6. The topological polar surface area (TPSA) is 47.6 Å². The van der Waals surface area contributed by atoms with E-state index < -0.39 is 0 Å². The summed E-state index contributed by atoms with van der Waals surface area (Å²) in [4.78, 5) is 17.0. The lowest BCUT2D eigenvalue weighted by Crippen LogP contribution is -2.41. The summed E-state index contributed by atoms with van der Waals surface area (Å²) in [5.74, 6) is -0.331. The second-order valence-corrected chi connectivity index (χ2v) is 8.33. The standard InChI is InChI=1S/C26H29FN4O/c1-30(2)24-13-7-20(8-14-24)25(31-16-15-19-5-3-4-6-21(19)18-31)17-28-26(32)29-23-11-9-22(27)10-12-23/h3-14,25H,15-18H2,1-2H3,(H2,28,29,32). The first-order valence-corrected chi connectivity index (χ1v) is 10.9. The molecular weight excluding hydrogens is 403 g/mol. The number of anilines is 2. The molecule has 0 saturated heterocycles. The fraction of sp³-hybridized carbons (Fsp3) is 0.269. The van der Waals surface area contributed by atoms with Gasteiger partial charge in [-0.2, -0.15) is 0 Å². The van der Waals surface area contributed by atoms with Crippen molar-refractivity contribution < 1.29 is 9.18 Å². The second kappa shape index (κ2) is 9.83. The van der Waals surface area contributed by atoms with Gasteiger partial charge in [0.2, 0.25) is 0 Å². The number of urea groups is 1. The van der Waals surface area contributed by atoms with Crippen LogP contribution in [0.1, 0.15) is 22.7 Å². The number of carbonyl (C=O) groups excluding carboxylic acids is 1. The zero-order valence-electron chi connectivity index (χ0n) is 18.5. The molecule has 0 spiro atoms. The molecular formula is C26H29FN4O. The summed E-state index contributed by atoms with van der Waals surface area (Å²) in [5.41, 5.74) is 5.59. The number of hydrogen-bond acceptors (Lipinski definition) is 3. The van der Waals surface area contributed by atoms with Gasteiger partial charge in [0.1, 0.15) is 5.82 Å². The predicted octanol–water partition coefficient (Wildman–Crippen LogP) is 4.81. The van der Waals surface area contributed by atoms with Gasteiger partial charge in [0, 0.05) is 45.1 Å². The highest BCUT2D eigenvalue weighted by Gasteiger charge is 2.25. The molecule has 1 heterocycles. The first-order valence-electron chi connectivity index (χ1n) is 10.9. The molecule has 1 atom stereocenters. The van der Waals surface area contributed by atoms with E-state index in [0.29, 0.717) is 12.2 Å². The molecule has 0 aliphatic carbocycles. The molecule has 1 aliphatic rings. The Labute approximate surface area is 188 Å². The van der Waals surface area contributed by atoms with Crippen LogP contribution in [0.25, 0.3) is 0 Å². The zero-order chi connectivity index (χ0) is 22.5. The van der Waals surface area contributed by atoms with Crippen LogP contribution in [-0.4, -0.2) is 38.1 Å². The second-order valence-electron chi connectivity index (χ2n) is 8.33. The van der Waals surface area contributed by atoms with E-state index in [2.05, 4.69) is 69.0 Å². The molecule has 1 unspecified atom stereocenters. The van der Waals surface area contributed by atoms with Crippen molar-refractivity contribution in [1.29, 1.82) is 0 Å². The Morgan fingerprint density at radius 1 is 1.00 bits per heavy atom. The van der Waals surface area contributed by atoms with Gasteiger partial charge in [-0.25, -0.2) is 9.18 Å². The number of fused-ring (bicyclic) bond motifs is 1. The maximum atomic E-state index is 13.1. The minimum atomic E-state index is -0.331. The highest BCUT2D eigenvalue weighted by atomic mass is 19.1. The minimum Gasteiger partial charge on any atom is -0.378 e. The zero-order valence-corrected chi connectivity index (χ0v) is 18.5. The van der Waals surface area contributed by atoms with Crippen molar-refractivity contribution in [2.45, 2.75) is 19.0 Å². The molecule has 166 valence electrons. The Bertz CT molecular complexity index is 1050. The van der Waals surface area contributed by atoms with Gasteiger partial charge in [-0.3, -0.25) is 4.90 Å². The van der Waals surface area contributed by atoms with Crippen LogP contribution < -0.4 is 15.5 Å². The number of nitrogens with zero attached hydrogens (tertiary/aromatic N) is 2. The van der Waals surface area contributed by atoms with Gasteiger partial charge in [-0.1, -0.05) is 36.4 Å². The van der Waals surface area contributed by atoms with E-state index in [-0.39, 0.29) is 17.9 Å². The lowest BCUT2D eigenvalue weighted by Gasteiger charge is -2.36. The van der Waals surface area contributed by atoms with Gasteiger partial charge in [-0.05, 0) is 59.5 Å². The number of amides is 2. The molecule has 0 saturated carbocycles. The molecule has 0 aromatic heterocycles. The normalized spacial score (nSPS) is 14.3. The average Bonchev–Trinajstić information content (AvgIpc) is 2.81. The van der Waals surface area contributed by atoms with E-state index in [0.717, 1.165) is 30.8 Å². The van der Waals surface area contributed by atoms with E-state index in [1.807, 2.05) is 14.1 Å². The number of halogens is 1. The van der Waals surface area contributed by atoms with Crippen molar-refractivity contribution in [3.63, 3.8) is 0 Å². The molecule has 3 aromatic carbocycles. The van der Waals surface area contributed by atoms with Crippen LogP contribution in [0.2, 0.25) is 0 Å². The van der Waals surface area contributed by atoms with Crippen LogP contribution in [-0.2, 0) is 13.0 Å². The highest BCUT2D eigenvalue weighted by Crippen LogP contribution is 2.28. The van der Waals surface area contributed by atoms with Crippen molar-refractivity contribution in [1.82, 2.24) is 10.2 Å². The molecule has 0 radical (unpaired) electrons. The van der Waals surface area contributed by atoms with Gasteiger partial charge in [-0.15, -0.1) is 0 Å². The lowest BCUT2D eigenvalue weighted by molar-refractivity contribution is 0.175. The number of carbonyl (C=O) groups is 1. The van der Waals surface area contributed by atoms with Crippen molar-refractivity contribution in [2.75, 3.05) is 37.4 Å². The van der Waals surface area contributed by atoms with Crippen molar-refractivity contribution >= 4 is 17.4 Å². The van der Waals surface area contributed by atoms with Crippen molar-refractivity contribution in [3.05, 3.63) is 95.3 Å². The summed E-state index contributed by atoms with van der Waals surface area (Å²) >= 11 is 0. The molecule has 0 fully saturated rings. The van der Waals surface area contributed by atoms with Gasteiger partial charge in [0.25, 0.3) is 0 Å². The smallest absolute Gasteiger partial charge is 0.319 e. The molecule has 32 heavy (non-hydrogen) atoms. The Morgan fingerprint density at radius 2 is 1.69 bits per heavy atom. The van der Waals surface area contributed by atoms with Gasteiger partial charge >= 0.3 is 6.03 Å². The summed E-state index contributed by atoms with van der Waals surface area (Å²) in [7, 11) is 4.05. The SMILES string of the molecule is CN(C)c1ccc(C(CNC(=O)Nc2ccc(F)cc2)N2CCc3ccccc3C2)cc1. The van der Waals surface area contributed by atoms with Gasteiger partial charge < -0.3 is 15.5 Å². The average molecular weight is 433 g/mol. The van der Waals surface area contributed by atoms with E-state index in [1.54, 1.807) is 12.1 Å². The molecule has 1 aliphatic heterocycles. The first-order chi connectivity index (χ1) is 15.5. The van der Waals surface area contributed by atoms with E-state index in [1.165, 1.54) is 23.3 Å². The van der Waals surface area contributed by atoms with Crippen LogP contribution in [0.3, 0.4) is 0 Å². The quantitative estimate of drug-likeness (QED) is 0.588. The van der Waals surface area contributed by atoms with Crippen LogP contribution in [0, 0.1) is 5.82 Å². The number of nitrogens with one attached hydrogen (secondary N) is 2. The summed E-state index contributed by atoms with van der Waals surface area (Å²) in [6.07, 6.45) is 0.990. The third kappa shape index (κ3) is 5.26. The summed E-state index contributed by atoms with van der Waals surface area (Å²) in [5, 5.41) is 5.78. The fourth-order valence-corrected chi connectivity index (χ4v) is 4.13. The molecule has 2 N–H and O–H groups in total. The third-order valence-corrected chi connectivity index (χ3v) is 5.95. The van der Waals surface area contributed by atoms with E-state index in [4.69, 9.17) is 0 Å². The molecule has 5 nitrogen and oxygen atoms in total. The molecule has 2 amide bonds. The molecule has 4 rings (SSSR count). The first kappa shape index (κ1) is 21.8. The van der Waals surface area contributed by atoms with Crippen molar-refractivity contribution in [2.24, 2.45) is 0 Å². The molecule has 6 heteroatoms. The van der Waals surface area contributed by atoms with Gasteiger partial charge in [0.15, 0.2) is 0 Å². The van der Waals surface area contributed by atoms with Crippen LogP contribution in [0.4, 0.5) is 20.6 Å². The fourth-order valence-electron chi connectivity index (χ4n) is 4.13. The summed E-state index contributed by atoms with van der Waals surface area (Å²) < 4.78 is 13.1. The molecule has 3 aromatic rings. The minimum absolute atomic E-state index is 0.0403. The Hall–Kier alpha value is -3.38. The maximum absolute atomic E-state index is 13.1. The third-order valence-electron chi connectivity index (χ3n) is 5.95. The Morgan fingerprint density at radius 3 is 2.38 bits per heavy atom. The Balaban J connectivity index is 1.49. The Kier molecular flexibility index (Phi) is 6.71. The maximum Gasteiger partial charge on any atom is 0.319 e. The monoisotopic (exact) mass is 432 g/mol. The highest BCUT2D eigenvalue weighted by molar-refractivity contribution is 5.89. The van der Waals surface area contributed by atoms with Crippen molar-refractivity contribution in [3.8, 4) is 0 Å². The van der Waals surface area contributed by atoms with Crippen LogP contribution in [0.15, 0.2) is 72.8 Å². The lowest BCUT2D eigenvalue weighted by atomic mass is 9.96. The van der Waals surface area contributed by atoms with Crippen LogP contribution in [0.5, 0.6) is 0 Å². The number of hydrogen-bond donors (Lipinski definition) is 2.